The lowest BCUT2D eigenvalue weighted by molar-refractivity contribution is -0.143. The van der Waals surface area contributed by atoms with Crippen LogP contribution in [0.15, 0.2) is 36.5 Å². The molecule has 10 heteroatoms. The van der Waals surface area contributed by atoms with Crippen LogP contribution in [-0.2, 0) is 18.5 Å². The number of halogens is 9. The molecule has 130 valence electrons. The molecule has 0 amide bonds. The summed E-state index contributed by atoms with van der Waals surface area (Å²) in [5.74, 6) is 0. The molecule has 1 aromatic carbocycles. The van der Waals surface area contributed by atoms with Crippen molar-refractivity contribution in [1.29, 1.82) is 0 Å². The van der Waals surface area contributed by atoms with E-state index < -0.39 is 46.5 Å². The van der Waals surface area contributed by atoms with Gasteiger partial charge in [0.2, 0.25) is 0 Å². The van der Waals surface area contributed by atoms with Gasteiger partial charge in [0.05, 0.1) is 22.4 Å². The summed E-state index contributed by atoms with van der Waals surface area (Å²) in [7, 11) is 0. The van der Waals surface area contributed by atoms with Crippen molar-refractivity contribution in [1.82, 2.24) is 4.98 Å². The highest BCUT2D eigenvalue weighted by Gasteiger charge is 2.39. The third-order valence-corrected chi connectivity index (χ3v) is 3.02. The second-order valence-corrected chi connectivity index (χ2v) is 4.69. The van der Waals surface area contributed by atoms with E-state index in [0.717, 1.165) is 0 Å². The van der Waals surface area contributed by atoms with Crippen molar-refractivity contribution in [2.45, 2.75) is 18.5 Å². The van der Waals surface area contributed by atoms with Crippen LogP contribution >= 0.6 is 0 Å². The summed E-state index contributed by atoms with van der Waals surface area (Å²) in [6, 6.07) is 2.00. The summed E-state index contributed by atoms with van der Waals surface area (Å²) in [4.78, 5) is 3.28. The Morgan fingerprint density at radius 2 is 1.17 bits per heavy atom. The topological polar surface area (TPSA) is 12.9 Å². The zero-order valence-corrected chi connectivity index (χ0v) is 11.3. The normalized spacial score (nSPS) is 13.2. The van der Waals surface area contributed by atoms with Crippen LogP contribution in [0, 0.1) is 0 Å². The maximum absolute atomic E-state index is 13.0. The lowest BCUT2D eigenvalue weighted by atomic mass is 10.00. The van der Waals surface area contributed by atoms with E-state index in [1.54, 1.807) is 0 Å². The first-order valence-electron chi connectivity index (χ1n) is 6.12. The van der Waals surface area contributed by atoms with Gasteiger partial charge < -0.3 is 0 Å². The molecule has 0 aliphatic rings. The van der Waals surface area contributed by atoms with Gasteiger partial charge in [0.25, 0.3) is 0 Å². The van der Waals surface area contributed by atoms with Crippen LogP contribution in [0.3, 0.4) is 0 Å². The van der Waals surface area contributed by atoms with Crippen molar-refractivity contribution in [3.63, 3.8) is 0 Å². The molecule has 0 saturated carbocycles. The Morgan fingerprint density at radius 1 is 0.625 bits per heavy atom. The first-order valence-corrected chi connectivity index (χ1v) is 6.12. The Morgan fingerprint density at radius 3 is 1.58 bits per heavy atom. The lowest BCUT2D eigenvalue weighted by Crippen LogP contribution is -2.12. The van der Waals surface area contributed by atoms with Gasteiger partial charge in [-0.05, 0) is 24.3 Å². The lowest BCUT2D eigenvalue weighted by Gasteiger charge is -2.16. The molecule has 0 saturated heterocycles. The summed E-state index contributed by atoms with van der Waals surface area (Å²) in [6.45, 7) is 0. The fourth-order valence-corrected chi connectivity index (χ4v) is 1.90. The zero-order chi connectivity index (χ0) is 18.3. The van der Waals surface area contributed by atoms with E-state index in [4.69, 9.17) is 0 Å². The molecule has 0 radical (unpaired) electrons. The van der Waals surface area contributed by atoms with Crippen LogP contribution in [0.5, 0.6) is 0 Å². The summed E-state index contributed by atoms with van der Waals surface area (Å²) in [6.07, 6.45) is -14.6. The highest BCUT2D eigenvalue weighted by Crippen LogP contribution is 2.40. The maximum Gasteiger partial charge on any atom is 0.417 e. The minimum Gasteiger partial charge on any atom is -0.256 e. The summed E-state index contributed by atoms with van der Waals surface area (Å²) in [5.41, 5.74) is -5.62. The molecule has 1 heterocycles. The number of alkyl halides is 9. The van der Waals surface area contributed by atoms with Crippen molar-refractivity contribution in [2.24, 2.45) is 0 Å². The Balaban J connectivity index is 2.58. The van der Waals surface area contributed by atoms with Crippen LogP contribution in [0.1, 0.15) is 16.7 Å². The Labute approximate surface area is 128 Å². The van der Waals surface area contributed by atoms with E-state index in [1.165, 1.54) is 0 Å². The smallest absolute Gasteiger partial charge is 0.256 e. The average molecular weight is 359 g/mol. The molecule has 2 aromatic rings. The molecular weight excluding hydrogens is 353 g/mol. The third-order valence-electron chi connectivity index (χ3n) is 3.02. The van der Waals surface area contributed by atoms with Gasteiger partial charge in [-0.1, -0.05) is 6.07 Å². The fraction of sp³-hybridized carbons (Fsp3) is 0.214. The predicted molar refractivity (Wildman–Crippen MR) is 64.7 cm³/mol. The van der Waals surface area contributed by atoms with Crippen molar-refractivity contribution in [3.8, 4) is 11.3 Å². The standard InChI is InChI=1S/C14H6F9N/c15-12(16,17)7-1-3-9(10(5-7)14(21,22)23)11-4-2-8(6-24-11)13(18,19)20/h1-6H. The zero-order valence-electron chi connectivity index (χ0n) is 11.3. The van der Waals surface area contributed by atoms with Crippen LogP contribution in [0.25, 0.3) is 11.3 Å². The molecule has 0 spiro atoms. The van der Waals surface area contributed by atoms with Crippen molar-refractivity contribution >= 4 is 0 Å². The molecule has 0 atom stereocenters. The molecule has 0 bridgehead atoms. The number of benzene rings is 1. The summed E-state index contributed by atoms with van der Waals surface area (Å²) >= 11 is 0. The van der Waals surface area contributed by atoms with Gasteiger partial charge in [-0.3, -0.25) is 4.98 Å². The number of pyridine rings is 1. The number of nitrogens with zero attached hydrogens (tertiary/aromatic N) is 1. The van der Waals surface area contributed by atoms with E-state index >= 15 is 0 Å². The molecule has 0 N–H and O–H groups in total. The van der Waals surface area contributed by atoms with Gasteiger partial charge in [0.15, 0.2) is 0 Å². The maximum atomic E-state index is 13.0. The van der Waals surface area contributed by atoms with Crippen molar-refractivity contribution in [2.75, 3.05) is 0 Å². The van der Waals surface area contributed by atoms with Gasteiger partial charge >= 0.3 is 18.5 Å². The molecule has 1 nitrogen and oxygen atoms in total. The van der Waals surface area contributed by atoms with E-state index in [0.29, 0.717) is 30.5 Å². The molecule has 0 fully saturated rings. The van der Waals surface area contributed by atoms with E-state index in [2.05, 4.69) is 4.98 Å². The minimum absolute atomic E-state index is 0.102. The number of aromatic nitrogens is 1. The average Bonchev–Trinajstić information content (AvgIpc) is 2.44. The molecular formula is C14H6F9N. The third kappa shape index (κ3) is 3.80. The molecule has 0 aliphatic heterocycles. The minimum atomic E-state index is -5.14. The summed E-state index contributed by atoms with van der Waals surface area (Å²) < 4.78 is 114. The summed E-state index contributed by atoms with van der Waals surface area (Å²) in [5, 5.41) is 0. The predicted octanol–water partition coefficient (Wildman–Crippen LogP) is 5.81. The molecule has 1 aromatic heterocycles. The Bertz CT molecular complexity index is 724. The number of hydrogen-bond donors (Lipinski definition) is 0. The van der Waals surface area contributed by atoms with Gasteiger partial charge in [0, 0.05) is 11.8 Å². The number of rotatable bonds is 1. The van der Waals surface area contributed by atoms with E-state index in [1.807, 2.05) is 0 Å². The first-order chi connectivity index (χ1) is 10.8. The molecule has 0 unspecified atom stereocenters. The van der Waals surface area contributed by atoms with Crippen LogP contribution in [0.2, 0.25) is 0 Å². The van der Waals surface area contributed by atoms with Crippen LogP contribution in [0.4, 0.5) is 39.5 Å². The Kier molecular flexibility index (Phi) is 4.28. The van der Waals surface area contributed by atoms with Gasteiger partial charge in [-0.25, -0.2) is 0 Å². The van der Waals surface area contributed by atoms with Crippen LogP contribution < -0.4 is 0 Å². The van der Waals surface area contributed by atoms with Crippen LogP contribution in [-0.4, -0.2) is 4.98 Å². The first kappa shape index (κ1) is 18.1. The van der Waals surface area contributed by atoms with E-state index in [-0.39, 0.29) is 6.07 Å². The van der Waals surface area contributed by atoms with Crippen molar-refractivity contribution in [3.05, 3.63) is 53.2 Å². The van der Waals surface area contributed by atoms with Crippen molar-refractivity contribution < 1.29 is 39.5 Å². The monoisotopic (exact) mass is 359 g/mol. The molecule has 2 rings (SSSR count). The highest BCUT2D eigenvalue weighted by molar-refractivity contribution is 5.65. The fourth-order valence-electron chi connectivity index (χ4n) is 1.90. The van der Waals surface area contributed by atoms with Gasteiger partial charge in [0.1, 0.15) is 0 Å². The largest absolute Gasteiger partial charge is 0.417 e. The Hall–Kier alpha value is -2.26. The highest BCUT2D eigenvalue weighted by atomic mass is 19.4. The van der Waals surface area contributed by atoms with E-state index in [9.17, 15) is 39.5 Å². The SMILES string of the molecule is FC(F)(F)c1ccc(-c2ccc(C(F)(F)F)cc2C(F)(F)F)nc1. The second-order valence-electron chi connectivity index (χ2n) is 4.69. The molecule has 24 heavy (non-hydrogen) atoms. The number of hydrogen-bond acceptors (Lipinski definition) is 1. The van der Waals surface area contributed by atoms with Gasteiger partial charge in [-0.15, -0.1) is 0 Å². The van der Waals surface area contributed by atoms with Gasteiger partial charge in [-0.2, -0.15) is 39.5 Å². The second kappa shape index (κ2) is 5.67. The quantitative estimate of drug-likeness (QED) is 0.586. The molecule has 0 aliphatic carbocycles.